The highest BCUT2D eigenvalue weighted by molar-refractivity contribution is 5.96. The molecule has 0 spiro atoms. The fourth-order valence-corrected chi connectivity index (χ4v) is 2.73. The summed E-state index contributed by atoms with van der Waals surface area (Å²) in [5.41, 5.74) is 1.92. The van der Waals surface area contributed by atoms with E-state index in [0.717, 1.165) is 16.8 Å². The van der Waals surface area contributed by atoms with Crippen molar-refractivity contribution in [1.82, 2.24) is 9.78 Å². The lowest BCUT2D eigenvalue weighted by molar-refractivity contribution is -0.133. The topological polar surface area (TPSA) is 90.9 Å². The third-order valence-corrected chi connectivity index (χ3v) is 4.27. The molecule has 0 aliphatic heterocycles. The fraction of sp³-hybridized carbons (Fsp3) is 0.190. The van der Waals surface area contributed by atoms with Crippen molar-refractivity contribution in [1.29, 1.82) is 5.26 Å². The molecule has 1 atom stereocenters. The first-order valence-electron chi connectivity index (χ1n) is 8.52. The molecular weight excluding hydrogens is 340 g/mol. The lowest BCUT2D eigenvalue weighted by atomic mass is 10.1. The Bertz CT molecular complexity index is 1000. The van der Waals surface area contributed by atoms with Crippen molar-refractivity contribution >= 4 is 11.6 Å². The van der Waals surface area contributed by atoms with Crippen LogP contribution in [0, 0.1) is 18.3 Å². The van der Waals surface area contributed by atoms with Crippen LogP contribution in [0.3, 0.4) is 0 Å². The van der Waals surface area contributed by atoms with Crippen LogP contribution < -0.4 is 5.32 Å². The normalized spacial score (nSPS) is 12.8. The molecule has 1 aromatic heterocycles. The van der Waals surface area contributed by atoms with E-state index in [4.69, 9.17) is 5.26 Å². The summed E-state index contributed by atoms with van der Waals surface area (Å²) in [6, 6.07) is 18.6. The van der Waals surface area contributed by atoms with E-state index in [1.165, 1.54) is 6.92 Å². The fourth-order valence-electron chi connectivity index (χ4n) is 2.73. The van der Waals surface area contributed by atoms with Gasteiger partial charge in [-0.2, -0.15) is 10.4 Å². The van der Waals surface area contributed by atoms with E-state index < -0.39 is 11.5 Å². The van der Waals surface area contributed by atoms with Crippen LogP contribution in [0.4, 0.5) is 5.69 Å². The van der Waals surface area contributed by atoms with Crippen LogP contribution in [-0.2, 0) is 11.3 Å². The summed E-state index contributed by atoms with van der Waals surface area (Å²) >= 11 is 0. The molecule has 0 radical (unpaired) electrons. The molecule has 0 saturated heterocycles. The van der Waals surface area contributed by atoms with E-state index in [1.807, 2.05) is 36.4 Å². The van der Waals surface area contributed by atoms with Crippen LogP contribution in [0.1, 0.15) is 18.1 Å². The Morgan fingerprint density at radius 3 is 2.67 bits per heavy atom. The summed E-state index contributed by atoms with van der Waals surface area (Å²) in [4.78, 5) is 12.5. The molecule has 6 nitrogen and oxygen atoms in total. The molecule has 2 N–H and O–H groups in total. The molecule has 3 aromatic rings. The number of nitrogens with one attached hydrogen (secondary N) is 1. The summed E-state index contributed by atoms with van der Waals surface area (Å²) < 4.78 is 1.55. The monoisotopic (exact) mass is 360 g/mol. The van der Waals surface area contributed by atoms with Gasteiger partial charge in [0.2, 0.25) is 0 Å². The van der Waals surface area contributed by atoms with Crippen LogP contribution in [0.15, 0.2) is 60.8 Å². The molecular formula is C21H20N4O2. The van der Waals surface area contributed by atoms with Gasteiger partial charge in [-0.25, -0.2) is 0 Å². The molecule has 1 amide bonds. The third-order valence-electron chi connectivity index (χ3n) is 4.27. The summed E-state index contributed by atoms with van der Waals surface area (Å²) in [7, 11) is 0. The number of benzene rings is 2. The Kier molecular flexibility index (Phi) is 5.06. The molecule has 3 rings (SSSR count). The van der Waals surface area contributed by atoms with Crippen LogP contribution in [-0.4, -0.2) is 26.4 Å². The second kappa shape index (κ2) is 7.44. The molecule has 27 heavy (non-hydrogen) atoms. The number of nitrogens with zero attached hydrogens (tertiary/aromatic N) is 3. The van der Waals surface area contributed by atoms with Gasteiger partial charge in [0.15, 0.2) is 5.60 Å². The maximum absolute atomic E-state index is 12.5. The SMILES string of the molecule is Cc1cc(NC(=O)[C@@](C)(O)Cn2ccc(-c3ccccc3)n2)ccc1C#N. The summed E-state index contributed by atoms with van der Waals surface area (Å²) in [5, 5.41) is 26.7. The smallest absolute Gasteiger partial charge is 0.257 e. The van der Waals surface area contributed by atoms with Crippen LogP contribution in [0.5, 0.6) is 0 Å². The number of aliphatic hydroxyl groups is 1. The molecule has 0 fully saturated rings. The average Bonchev–Trinajstić information content (AvgIpc) is 3.10. The molecule has 0 unspecified atom stereocenters. The first-order valence-corrected chi connectivity index (χ1v) is 8.52. The maximum Gasteiger partial charge on any atom is 0.257 e. The summed E-state index contributed by atoms with van der Waals surface area (Å²) in [6.07, 6.45) is 1.73. The van der Waals surface area contributed by atoms with Gasteiger partial charge in [0.25, 0.3) is 5.91 Å². The number of hydrogen-bond donors (Lipinski definition) is 2. The zero-order chi connectivity index (χ0) is 19.4. The van der Waals surface area contributed by atoms with Gasteiger partial charge >= 0.3 is 0 Å². The number of nitriles is 1. The van der Waals surface area contributed by atoms with Gasteiger partial charge in [-0.05, 0) is 43.7 Å². The Morgan fingerprint density at radius 2 is 2.00 bits per heavy atom. The zero-order valence-corrected chi connectivity index (χ0v) is 15.2. The summed E-state index contributed by atoms with van der Waals surface area (Å²) in [5.74, 6) is -0.539. The van der Waals surface area contributed by atoms with Crippen LogP contribution in [0.25, 0.3) is 11.3 Å². The first kappa shape index (κ1) is 18.4. The van der Waals surface area contributed by atoms with E-state index in [1.54, 1.807) is 36.0 Å². The lowest BCUT2D eigenvalue weighted by Gasteiger charge is -2.22. The van der Waals surface area contributed by atoms with E-state index in [2.05, 4.69) is 16.5 Å². The average molecular weight is 360 g/mol. The minimum Gasteiger partial charge on any atom is -0.378 e. The molecule has 1 heterocycles. The third kappa shape index (κ3) is 4.22. The number of aromatic nitrogens is 2. The highest BCUT2D eigenvalue weighted by Gasteiger charge is 2.31. The van der Waals surface area contributed by atoms with Gasteiger partial charge in [-0.3, -0.25) is 9.48 Å². The number of anilines is 1. The van der Waals surface area contributed by atoms with Gasteiger partial charge in [0, 0.05) is 17.4 Å². The van der Waals surface area contributed by atoms with Gasteiger partial charge in [-0.15, -0.1) is 0 Å². The Morgan fingerprint density at radius 1 is 1.26 bits per heavy atom. The van der Waals surface area contributed by atoms with Gasteiger partial charge in [-0.1, -0.05) is 30.3 Å². The zero-order valence-electron chi connectivity index (χ0n) is 15.2. The van der Waals surface area contributed by atoms with E-state index >= 15 is 0 Å². The number of aryl methyl sites for hydroxylation is 1. The van der Waals surface area contributed by atoms with Crippen molar-refractivity contribution in [3.8, 4) is 17.3 Å². The number of carbonyl (C=O) groups is 1. The van der Waals surface area contributed by atoms with Crippen molar-refractivity contribution < 1.29 is 9.90 Å². The van der Waals surface area contributed by atoms with E-state index in [-0.39, 0.29) is 6.54 Å². The number of hydrogen-bond acceptors (Lipinski definition) is 4. The van der Waals surface area contributed by atoms with Crippen LogP contribution >= 0.6 is 0 Å². The molecule has 0 aliphatic carbocycles. The first-order chi connectivity index (χ1) is 12.9. The van der Waals surface area contributed by atoms with Gasteiger partial charge in [0.1, 0.15) is 0 Å². The Hall–Kier alpha value is -3.43. The quantitative estimate of drug-likeness (QED) is 0.731. The minimum atomic E-state index is -1.65. The van der Waals surface area contributed by atoms with E-state index in [9.17, 15) is 9.90 Å². The highest BCUT2D eigenvalue weighted by atomic mass is 16.3. The minimum absolute atomic E-state index is 0.0148. The standard InChI is InChI=1S/C21H20N4O2/c1-15-12-18(9-8-17(15)13-22)23-20(26)21(2,27)14-25-11-10-19(24-25)16-6-4-3-5-7-16/h3-12,27H,14H2,1-2H3,(H,23,26)/t21-/m0/s1. The maximum atomic E-state index is 12.5. The van der Waals surface area contributed by atoms with Gasteiger partial charge < -0.3 is 10.4 Å². The molecule has 0 bridgehead atoms. The van der Waals surface area contributed by atoms with Crippen molar-refractivity contribution in [2.24, 2.45) is 0 Å². The Balaban J connectivity index is 1.71. The number of carbonyl (C=O) groups excluding carboxylic acids is 1. The number of amides is 1. The molecule has 0 saturated carbocycles. The Labute approximate surface area is 157 Å². The second-order valence-corrected chi connectivity index (χ2v) is 6.63. The van der Waals surface area contributed by atoms with E-state index in [0.29, 0.717) is 11.3 Å². The van der Waals surface area contributed by atoms with Gasteiger partial charge in [0.05, 0.1) is 23.9 Å². The number of rotatable bonds is 5. The molecule has 0 aliphatic rings. The predicted molar refractivity (Wildman–Crippen MR) is 103 cm³/mol. The van der Waals surface area contributed by atoms with Crippen molar-refractivity contribution in [2.75, 3.05) is 5.32 Å². The van der Waals surface area contributed by atoms with Crippen molar-refractivity contribution in [2.45, 2.75) is 26.0 Å². The van der Waals surface area contributed by atoms with Crippen molar-refractivity contribution in [3.63, 3.8) is 0 Å². The molecule has 2 aromatic carbocycles. The largest absolute Gasteiger partial charge is 0.378 e. The molecule has 136 valence electrons. The van der Waals surface area contributed by atoms with Crippen molar-refractivity contribution in [3.05, 3.63) is 71.9 Å². The molecule has 6 heteroatoms. The summed E-state index contributed by atoms with van der Waals surface area (Å²) in [6.45, 7) is 3.25. The predicted octanol–water partition coefficient (Wildman–Crippen LogP) is 3.12. The highest BCUT2D eigenvalue weighted by Crippen LogP contribution is 2.19. The van der Waals surface area contributed by atoms with Crippen LogP contribution in [0.2, 0.25) is 0 Å². The lowest BCUT2D eigenvalue weighted by Crippen LogP contribution is -2.43. The second-order valence-electron chi connectivity index (χ2n) is 6.63.